The van der Waals surface area contributed by atoms with E-state index in [2.05, 4.69) is 4.72 Å². The van der Waals surface area contributed by atoms with Crippen LogP contribution in [0.3, 0.4) is 0 Å². The van der Waals surface area contributed by atoms with E-state index < -0.39 is 34.5 Å². The van der Waals surface area contributed by atoms with E-state index in [9.17, 15) is 22.8 Å². The van der Waals surface area contributed by atoms with E-state index in [4.69, 9.17) is 9.47 Å². The van der Waals surface area contributed by atoms with Crippen LogP contribution in [0.5, 0.6) is 5.75 Å². The van der Waals surface area contributed by atoms with Gasteiger partial charge in [-0.15, -0.1) is 0 Å². The van der Waals surface area contributed by atoms with Gasteiger partial charge in [0.2, 0.25) is 15.8 Å². The Hall–Kier alpha value is -3.20. The van der Waals surface area contributed by atoms with Crippen LogP contribution >= 0.6 is 0 Å². The highest BCUT2D eigenvalue weighted by Crippen LogP contribution is 2.15. The molecule has 0 aromatic heterocycles. The van der Waals surface area contributed by atoms with E-state index in [0.717, 1.165) is 6.26 Å². The summed E-state index contributed by atoms with van der Waals surface area (Å²) in [5.41, 5.74) is 1.11. The van der Waals surface area contributed by atoms with Gasteiger partial charge < -0.3 is 9.47 Å². The molecule has 0 aliphatic carbocycles. The molecule has 0 radical (unpaired) electrons. The van der Waals surface area contributed by atoms with E-state index in [1.807, 2.05) is 0 Å². The maximum atomic E-state index is 12.4. The van der Waals surface area contributed by atoms with Crippen molar-refractivity contribution in [3.05, 3.63) is 59.7 Å². The highest BCUT2D eigenvalue weighted by atomic mass is 32.2. The summed E-state index contributed by atoms with van der Waals surface area (Å²) in [6.07, 6.45) is -0.0206. The fourth-order valence-electron chi connectivity index (χ4n) is 2.36. The van der Waals surface area contributed by atoms with Gasteiger partial charge >= 0.3 is 5.97 Å². The Morgan fingerprint density at radius 1 is 0.966 bits per heavy atom. The molecule has 154 valence electrons. The first-order chi connectivity index (χ1) is 13.5. The monoisotopic (exact) mass is 419 g/mol. The summed E-state index contributed by atoms with van der Waals surface area (Å²) < 4.78 is 35.1. The van der Waals surface area contributed by atoms with Gasteiger partial charge in [0.1, 0.15) is 5.75 Å². The van der Waals surface area contributed by atoms with Crippen molar-refractivity contribution in [1.29, 1.82) is 0 Å². The van der Waals surface area contributed by atoms with E-state index in [1.54, 1.807) is 24.3 Å². The van der Waals surface area contributed by atoms with Crippen molar-refractivity contribution in [2.24, 2.45) is 0 Å². The maximum absolute atomic E-state index is 12.4. The van der Waals surface area contributed by atoms with Crippen LogP contribution in [-0.4, -0.2) is 44.9 Å². The van der Waals surface area contributed by atoms with Crippen LogP contribution in [0.15, 0.2) is 48.5 Å². The Morgan fingerprint density at radius 2 is 1.52 bits per heavy atom. The Morgan fingerprint density at radius 3 is 2.03 bits per heavy atom. The lowest BCUT2D eigenvalue weighted by atomic mass is 10.1. The molecule has 0 unspecified atom stereocenters. The summed E-state index contributed by atoms with van der Waals surface area (Å²) in [4.78, 5) is 35.5. The molecule has 2 aromatic carbocycles. The molecule has 9 heteroatoms. The highest BCUT2D eigenvalue weighted by molar-refractivity contribution is 7.92. The molecule has 0 heterocycles. The highest BCUT2D eigenvalue weighted by Gasteiger charge is 2.20. The molecule has 0 aliphatic heterocycles. The molecule has 0 bridgehead atoms. The van der Waals surface area contributed by atoms with Crippen LogP contribution in [0.2, 0.25) is 0 Å². The predicted molar refractivity (Wildman–Crippen MR) is 107 cm³/mol. The zero-order valence-corrected chi connectivity index (χ0v) is 17.0. The van der Waals surface area contributed by atoms with E-state index in [1.165, 1.54) is 38.1 Å². The molecule has 0 fully saturated rings. The van der Waals surface area contributed by atoms with Gasteiger partial charge in [-0.3, -0.25) is 14.3 Å². The Kier molecular flexibility index (Phi) is 7.11. The van der Waals surface area contributed by atoms with Gasteiger partial charge in [0.05, 0.1) is 6.26 Å². The summed E-state index contributed by atoms with van der Waals surface area (Å²) in [6, 6.07) is 12.0. The normalized spacial score (nSPS) is 12.0. The third-order valence-corrected chi connectivity index (χ3v) is 4.37. The summed E-state index contributed by atoms with van der Waals surface area (Å²) >= 11 is 0. The SMILES string of the molecule is CC(=O)c1ccc(OCC(=O)O[C@@H](C)C(=O)c2ccc(NS(C)(=O)=O)cc2)cc1. The molecule has 1 atom stereocenters. The van der Waals surface area contributed by atoms with E-state index in [0.29, 0.717) is 17.0 Å². The quantitative estimate of drug-likeness (QED) is 0.490. The second kappa shape index (κ2) is 9.33. The number of benzene rings is 2. The number of rotatable bonds is 9. The largest absolute Gasteiger partial charge is 0.482 e. The van der Waals surface area contributed by atoms with Gasteiger partial charge in [-0.2, -0.15) is 0 Å². The molecular weight excluding hydrogens is 398 g/mol. The number of sulfonamides is 1. The number of ether oxygens (including phenoxy) is 2. The van der Waals surface area contributed by atoms with Crippen LogP contribution in [0.1, 0.15) is 34.6 Å². The molecule has 0 aliphatic rings. The molecule has 1 N–H and O–H groups in total. The minimum atomic E-state index is -3.41. The second-order valence-electron chi connectivity index (χ2n) is 6.32. The zero-order chi connectivity index (χ0) is 21.6. The average molecular weight is 419 g/mol. The van der Waals surface area contributed by atoms with Gasteiger partial charge in [0.15, 0.2) is 18.5 Å². The number of ketones is 2. The van der Waals surface area contributed by atoms with Crippen molar-refractivity contribution < 1.29 is 32.3 Å². The molecule has 0 amide bonds. The fourth-order valence-corrected chi connectivity index (χ4v) is 2.93. The third kappa shape index (κ3) is 7.04. The standard InChI is InChI=1S/C20H21NO7S/c1-13(22)15-6-10-18(11-7-15)27-12-19(23)28-14(2)20(24)16-4-8-17(9-5-16)21-29(3,25)26/h4-11,14,21H,12H2,1-3H3/t14-/m0/s1. The van der Waals surface area contributed by atoms with Gasteiger partial charge in [0, 0.05) is 16.8 Å². The van der Waals surface area contributed by atoms with Crippen molar-refractivity contribution in [2.45, 2.75) is 20.0 Å². The zero-order valence-electron chi connectivity index (χ0n) is 16.2. The first kappa shape index (κ1) is 22.1. The van der Waals surface area contributed by atoms with Crippen molar-refractivity contribution in [3.63, 3.8) is 0 Å². The molecule has 0 saturated carbocycles. The smallest absolute Gasteiger partial charge is 0.344 e. The lowest BCUT2D eigenvalue weighted by molar-refractivity contribution is -0.148. The molecule has 0 spiro atoms. The fraction of sp³-hybridized carbons (Fsp3) is 0.250. The van der Waals surface area contributed by atoms with Crippen LogP contribution < -0.4 is 9.46 Å². The third-order valence-electron chi connectivity index (χ3n) is 3.77. The molecule has 8 nitrogen and oxygen atoms in total. The van der Waals surface area contributed by atoms with Crippen molar-refractivity contribution in [2.75, 3.05) is 17.6 Å². The first-order valence-corrected chi connectivity index (χ1v) is 10.5. The molecule has 2 aromatic rings. The maximum Gasteiger partial charge on any atom is 0.344 e. The molecular formula is C20H21NO7S. The lowest BCUT2D eigenvalue weighted by Gasteiger charge is -2.13. The van der Waals surface area contributed by atoms with Gasteiger partial charge in [0.25, 0.3) is 0 Å². The minimum absolute atomic E-state index is 0.0802. The number of anilines is 1. The molecule has 2 rings (SSSR count). The van der Waals surface area contributed by atoms with Crippen molar-refractivity contribution in [3.8, 4) is 5.75 Å². The Bertz CT molecular complexity index is 996. The minimum Gasteiger partial charge on any atom is -0.482 e. The lowest BCUT2D eigenvalue weighted by Crippen LogP contribution is -2.27. The number of carbonyl (C=O) groups is 3. The van der Waals surface area contributed by atoms with Crippen molar-refractivity contribution >= 4 is 33.2 Å². The number of Topliss-reactive ketones (excluding diaryl/α,β-unsaturated/α-hetero) is 2. The molecule has 29 heavy (non-hydrogen) atoms. The number of hydrogen-bond acceptors (Lipinski definition) is 7. The van der Waals surface area contributed by atoms with Crippen LogP contribution in [-0.2, 0) is 19.6 Å². The Labute approximate surface area is 168 Å². The van der Waals surface area contributed by atoms with E-state index >= 15 is 0 Å². The average Bonchev–Trinajstić information content (AvgIpc) is 2.65. The number of esters is 1. The van der Waals surface area contributed by atoms with Crippen molar-refractivity contribution in [1.82, 2.24) is 0 Å². The predicted octanol–water partition coefficient (Wildman–Crippen LogP) is 2.45. The van der Waals surface area contributed by atoms with Gasteiger partial charge in [-0.1, -0.05) is 0 Å². The van der Waals surface area contributed by atoms with E-state index in [-0.39, 0.29) is 11.3 Å². The van der Waals surface area contributed by atoms with Gasteiger partial charge in [-0.25, -0.2) is 13.2 Å². The Balaban J connectivity index is 1.88. The van der Waals surface area contributed by atoms with Crippen LogP contribution in [0, 0.1) is 0 Å². The summed E-state index contributed by atoms with van der Waals surface area (Å²) in [5.74, 6) is -0.852. The number of nitrogens with one attached hydrogen (secondary N) is 1. The topological polar surface area (TPSA) is 116 Å². The number of hydrogen-bond donors (Lipinski definition) is 1. The molecule has 0 saturated heterocycles. The number of carbonyl (C=O) groups excluding carboxylic acids is 3. The van der Waals surface area contributed by atoms with Gasteiger partial charge in [-0.05, 0) is 62.4 Å². The summed E-state index contributed by atoms with van der Waals surface area (Å²) in [7, 11) is -3.41. The van der Waals surface area contributed by atoms with Crippen LogP contribution in [0.25, 0.3) is 0 Å². The van der Waals surface area contributed by atoms with Crippen LogP contribution in [0.4, 0.5) is 5.69 Å². The first-order valence-electron chi connectivity index (χ1n) is 8.60. The summed E-state index contributed by atoms with van der Waals surface area (Å²) in [6.45, 7) is 2.49. The second-order valence-corrected chi connectivity index (χ2v) is 8.07. The summed E-state index contributed by atoms with van der Waals surface area (Å²) in [5, 5.41) is 0.